The van der Waals surface area contributed by atoms with E-state index >= 15 is 0 Å². The van der Waals surface area contributed by atoms with Gasteiger partial charge in [-0.15, -0.1) is 0 Å². The molecular formula is C25H33NO4. The van der Waals surface area contributed by atoms with Crippen molar-refractivity contribution in [3.8, 4) is 16.9 Å². The van der Waals surface area contributed by atoms with Gasteiger partial charge in [0, 0.05) is 25.6 Å². The number of aryl methyl sites for hydroxylation is 1. The van der Waals surface area contributed by atoms with Crippen LogP contribution in [0.25, 0.3) is 11.1 Å². The third kappa shape index (κ3) is 5.02. The predicted molar refractivity (Wildman–Crippen MR) is 120 cm³/mol. The number of benzene rings is 2. The maximum absolute atomic E-state index is 12.5. The summed E-state index contributed by atoms with van der Waals surface area (Å²) < 4.78 is 10.9. The number of hydrogen-bond donors (Lipinski definition) is 0. The van der Waals surface area contributed by atoms with Gasteiger partial charge in [-0.1, -0.05) is 29.8 Å². The number of hydrogen-bond acceptors (Lipinski definition) is 4. The van der Waals surface area contributed by atoms with Crippen LogP contribution in [0.1, 0.15) is 51.3 Å². The van der Waals surface area contributed by atoms with Gasteiger partial charge in [-0.2, -0.15) is 0 Å². The van der Waals surface area contributed by atoms with Gasteiger partial charge >= 0.3 is 5.97 Å². The maximum Gasteiger partial charge on any atom is 0.315 e. The number of methoxy groups -OCH3 is 1. The third-order valence-electron chi connectivity index (χ3n) is 5.45. The molecule has 2 aromatic rings. The van der Waals surface area contributed by atoms with Crippen molar-refractivity contribution in [2.75, 3.05) is 20.3 Å². The van der Waals surface area contributed by atoms with E-state index in [9.17, 15) is 9.59 Å². The minimum absolute atomic E-state index is 0.0362. The van der Waals surface area contributed by atoms with E-state index in [-0.39, 0.29) is 11.9 Å². The Labute approximate surface area is 180 Å². The molecule has 0 atom stereocenters. The molecule has 0 aliphatic rings. The molecule has 5 heteroatoms. The van der Waals surface area contributed by atoms with Crippen LogP contribution in [0, 0.1) is 6.92 Å². The van der Waals surface area contributed by atoms with Crippen molar-refractivity contribution in [1.82, 2.24) is 4.90 Å². The lowest BCUT2D eigenvalue weighted by molar-refractivity contribution is -0.148. The minimum Gasteiger partial charge on any atom is -0.496 e. The zero-order valence-corrected chi connectivity index (χ0v) is 19.2. The molecule has 0 unspecified atom stereocenters. The third-order valence-corrected chi connectivity index (χ3v) is 5.45. The first kappa shape index (κ1) is 23.5. The van der Waals surface area contributed by atoms with Crippen LogP contribution in [0.3, 0.4) is 0 Å². The number of nitrogens with zero attached hydrogens (tertiary/aromatic N) is 1. The van der Waals surface area contributed by atoms with Gasteiger partial charge < -0.3 is 14.4 Å². The highest BCUT2D eigenvalue weighted by atomic mass is 16.5. The Morgan fingerprint density at radius 3 is 2.30 bits per heavy atom. The molecule has 0 bridgehead atoms. The summed E-state index contributed by atoms with van der Waals surface area (Å²) in [5.41, 5.74) is 4.09. The monoisotopic (exact) mass is 411 g/mol. The molecule has 2 aromatic carbocycles. The molecule has 0 N–H and O–H groups in total. The molecule has 0 spiro atoms. The van der Waals surface area contributed by atoms with Crippen molar-refractivity contribution in [3.05, 3.63) is 53.1 Å². The van der Waals surface area contributed by atoms with Crippen LogP contribution in [0.2, 0.25) is 0 Å². The van der Waals surface area contributed by atoms with Crippen LogP contribution in [-0.2, 0) is 26.3 Å². The van der Waals surface area contributed by atoms with Crippen LogP contribution in [0.4, 0.5) is 0 Å². The Morgan fingerprint density at radius 1 is 1.03 bits per heavy atom. The normalized spacial score (nSPS) is 11.2. The molecule has 2 rings (SSSR count). The van der Waals surface area contributed by atoms with Crippen LogP contribution in [-0.4, -0.2) is 37.0 Å². The summed E-state index contributed by atoms with van der Waals surface area (Å²) in [6.45, 7) is 12.6. The smallest absolute Gasteiger partial charge is 0.315 e. The van der Waals surface area contributed by atoms with Crippen molar-refractivity contribution in [1.29, 1.82) is 0 Å². The fraction of sp³-hybridized carbons (Fsp3) is 0.440. The van der Waals surface area contributed by atoms with Crippen LogP contribution >= 0.6 is 0 Å². The summed E-state index contributed by atoms with van der Waals surface area (Å²) in [5, 5.41) is 0. The Morgan fingerprint density at radius 2 is 1.73 bits per heavy atom. The second-order valence-corrected chi connectivity index (χ2v) is 7.95. The molecule has 1 amide bonds. The van der Waals surface area contributed by atoms with E-state index in [1.54, 1.807) is 25.9 Å². The average molecular weight is 412 g/mol. The SMILES string of the molecule is CCOC(=O)C(C)(C)c1ccc(OC)c(-c2ccc(C)cc2CN(CC)C(C)=O)c1. The molecule has 0 heterocycles. The Balaban J connectivity index is 2.63. The van der Waals surface area contributed by atoms with Crippen molar-refractivity contribution in [3.63, 3.8) is 0 Å². The highest BCUT2D eigenvalue weighted by Crippen LogP contribution is 2.37. The van der Waals surface area contributed by atoms with Gasteiger partial charge in [0.15, 0.2) is 0 Å². The second kappa shape index (κ2) is 9.79. The van der Waals surface area contributed by atoms with Crippen molar-refractivity contribution in [2.45, 2.75) is 53.5 Å². The van der Waals surface area contributed by atoms with Gasteiger partial charge in [0.1, 0.15) is 5.75 Å². The molecule has 0 aliphatic carbocycles. The summed E-state index contributed by atoms with van der Waals surface area (Å²) in [6.07, 6.45) is 0. The first-order chi connectivity index (χ1) is 14.1. The van der Waals surface area contributed by atoms with Gasteiger partial charge in [-0.05, 0) is 63.4 Å². The second-order valence-electron chi connectivity index (χ2n) is 7.95. The molecule has 162 valence electrons. The summed E-state index contributed by atoms with van der Waals surface area (Å²) >= 11 is 0. The zero-order chi connectivity index (χ0) is 22.5. The Kier molecular flexibility index (Phi) is 7.65. The van der Waals surface area contributed by atoms with E-state index < -0.39 is 5.41 Å². The van der Waals surface area contributed by atoms with Gasteiger partial charge in [0.05, 0.1) is 19.1 Å². The van der Waals surface area contributed by atoms with Crippen LogP contribution < -0.4 is 4.74 Å². The summed E-state index contributed by atoms with van der Waals surface area (Å²) in [7, 11) is 1.64. The molecule has 0 radical (unpaired) electrons. The lowest BCUT2D eigenvalue weighted by Gasteiger charge is -2.25. The van der Waals surface area contributed by atoms with Gasteiger partial charge in [-0.3, -0.25) is 9.59 Å². The van der Waals surface area contributed by atoms with Crippen LogP contribution in [0.15, 0.2) is 36.4 Å². The molecule has 0 aromatic heterocycles. The van der Waals surface area contributed by atoms with Crippen molar-refractivity contribution >= 4 is 11.9 Å². The van der Waals surface area contributed by atoms with Crippen molar-refractivity contribution < 1.29 is 19.1 Å². The molecule has 0 fully saturated rings. The number of esters is 1. The lowest BCUT2D eigenvalue weighted by Crippen LogP contribution is -2.31. The largest absolute Gasteiger partial charge is 0.496 e. The van der Waals surface area contributed by atoms with E-state index in [0.29, 0.717) is 19.7 Å². The predicted octanol–water partition coefficient (Wildman–Crippen LogP) is 4.88. The highest BCUT2D eigenvalue weighted by molar-refractivity contribution is 5.84. The fourth-order valence-corrected chi connectivity index (χ4v) is 3.50. The zero-order valence-electron chi connectivity index (χ0n) is 19.2. The van der Waals surface area contributed by atoms with Crippen molar-refractivity contribution in [2.24, 2.45) is 0 Å². The van der Waals surface area contributed by atoms with Gasteiger partial charge in [-0.25, -0.2) is 0 Å². The highest BCUT2D eigenvalue weighted by Gasteiger charge is 2.32. The van der Waals surface area contributed by atoms with Crippen LogP contribution in [0.5, 0.6) is 5.75 Å². The number of amides is 1. The lowest BCUT2D eigenvalue weighted by atomic mass is 9.82. The van der Waals surface area contributed by atoms with E-state index in [4.69, 9.17) is 9.47 Å². The summed E-state index contributed by atoms with van der Waals surface area (Å²) in [6, 6.07) is 12.0. The summed E-state index contributed by atoms with van der Waals surface area (Å²) in [4.78, 5) is 26.4. The number of carbonyl (C=O) groups is 2. The van der Waals surface area contributed by atoms with Gasteiger partial charge in [0.2, 0.25) is 5.91 Å². The Hall–Kier alpha value is -2.82. The van der Waals surface area contributed by atoms with E-state index in [1.807, 2.05) is 52.0 Å². The number of ether oxygens (including phenoxy) is 2. The van der Waals surface area contributed by atoms with E-state index in [2.05, 4.69) is 12.1 Å². The quantitative estimate of drug-likeness (QED) is 0.581. The molecule has 0 saturated heterocycles. The topological polar surface area (TPSA) is 55.8 Å². The molecule has 0 saturated carbocycles. The molecule has 30 heavy (non-hydrogen) atoms. The molecule has 5 nitrogen and oxygen atoms in total. The first-order valence-corrected chi connectivity index (χ1v) is 10.4. The fourth-order valence-electron chi connectivity index (χ4n) is 3.50. The maximum atomic E-state index is 12.5. The van der Waals surface area contributed by atoms with E-state index in [1.165, 1.54) is 0 Å². The Bertz CT molecular complexity index is 917. The number of carbonyl (C=O) groups excluding carboxylic acids is 2. The van der Waals surface area contributed by atoms with Gasteiger partial charge in [0.25, 0.3) is 0 Å². The first-order valence-electron chi connectivity index (χ1n) is 10.4. The van der Waals surface area contributed by atoms with E-state index in [0.717, 1.165) is 33.6 Å². The number of rotatable bonds is 8. The summed E-state index contributed by atoms with van der Waals surface area (Å²) in [5.74, 6) is 0.488. The molecular weight excluding hydrogens is 378 g/mol. The standard InChI is InChI=1S/C25H33NO4/c1-8-26(18(4)27)16-19-14-17(3)10-12-21(19)22-15-20(11-13-23(22)29-7)25(5,6)24(28)30-9-2/h10-15H,8-9,16H2,1-7H3. The minimum atomic E-state index is -0.795. The molecule has 0 aliphatic heterocycles. The average Bonchev–Trinajstić information content (AvgIpc) is 2.71.